The fourth-order valence-corrected chi connectivity index (χ4v) is 3.61. The molecule has 0 unspecified atom stereocenters. The van der Waals surface area contributed by atoms with Gasteiger partial charge in [0.05, 0.1) is 11.3 Å². The van der Waals surface area contributed by atoms with Crippen LogP contribution in [0.25, 0.3) is 11.3 Å². The van der Waals surface area contributed by atoms with Crippen LogP contribution >= 0.6 is 0 Å². The molecule has 0 spiro atoms. The van der Waals surface area contributed by atoms with Crippen LogP contribution in [0.2, 0.25) is 0 Å². The van der Waals surface area contributed by atoms with E-state index < -0.39 is 12.0 Å². The summed E-state index contributed by atoms with van der Waals surface area (Å²) in [5, 5.41) is 10.1. The fourth-order valence-electron chi connectivity index (χ4n) is 3.61. The number of aromatic hydroxyl groups is 1. The molecule has 0 aliphatic carbocycles. The quantitative estimate of drug-likeness (QED) is 0.258. The van der Waals surface area contributed by atoms with E-state index in [4.69, 9.17) is 0 Å². The molecule has 1 aromatic carbocycles. The monoisotopic (exact) mass is 413 g/mol. The Balaban J connectivity index is 1.95. The third-order valence-corrected chi connectivity index (χ3v) is 5.55. The van der Waals surface area contributed by atoms with E-state index in [1.807, 2.05) is 19.2 Å². The Labute approximate surface area is 180 Å². The molecule has 0 amide bonds. The zero-order chi connectivity index (χ0) is 21.8. The highest BCUT2D eigenvalue weighted by Gasteiger charge is 2.22. The van der Waals surface area contributed by atoms with Gasteiger partial charge in [0.2, 0.25) is 5.78 Å². The summed E-state index contributed by atoms with van der Waals surface area (Å²) in [6.45, 7) is 4.19. The first kappa shape index (κ1) is 24.0. The van der Waals surface area contributed by atoms with Crippen molar-refractivity contribution in [3.8, 4) is 17.0 Å². The molecular formula is C26H36FNO2. The number of phenolic OH excluding ortho intramolecular Hbond substituents is 1. The Morgan fingerprint density at radius 2 is 1.67 bits per heavy atom. The molecule has 0 saturated carbocycles. The van der Waals surface area contributed by atoms with Crippen molar-refractivity contribution in [3.63, 3.8) is 0 Å². The summed E-state index contributed by atoms with van der Waals surface area (Å²) in [5.41, 5.74) is 2.66. The Hall–Kier alpha value is -2.23. The highest BCUT2D eigenvalue weighted by Crippen LogP contribution is 2.27. The number of pyridine rings is 1. The Bertz CT molecular complexity index is 773. The van der Waals surface area contributed by atoms with E-state index in [0.29, 0.717) is 12.0 Å². The molecule has 30 heavy (non-hydrogen) atoms. The lowest BCUT2D eigenvalue weighted by Gasteiger charge is -2.10. The van der Waals surface area contributed by atoms with E-state index in [0.717, 1.165) is 18.5 Å². The van der Waals surface area contributed by atoms with Gasteiger partial charge in [0.1, 0.15) is 5.75 Å². The molecule has 164 valence electrons. The van der Waals surface area contributed by atoms with Crippen molar-refractivity contribution < 1.29 is 14.3 Å². The summed E-state index contributed by atoms with van der Waals surface area (Å²) in [4.78, 5) is 16.9. The normalized spacial score (nSPS) is 12.1. The Morgan fingerprint density at radius 1 is 0.967 bits per heavy atom. The molecule has 2 rings (SSSR count). The van der Waals surface area contributed by atoms with Crippen LogP contribution in [-0.2, 0) is 6.42 Å². The SMILES string of the molecule is CCCCCCCCCc1ccc(-c2ccc(O)c(C(=O)[C@@H](F)CCCC)c2)nc1. The molecule has 0 aliphatic heterocycles. The zero-order valence-electron chi connectivity index (χ0n) is 18.5. The molecule has 1 N–H and O–H groups in total. The summed E-state index contributed by atoms with van der Waals surface area (Å²) in [6, 6.07) is 8.70. The van der Waals surface area contributed by atoms with Gasteiger partial charge in [-0.15, -0.1) is 0 Å². The second-order valence-electron chi connectivity index (χ2n) is 8.13. The minimum Gasteiger partial charge on any atom is -0.507 e. The van der Waals surface area contributed by atoms with Crippen molar-refractivity contribution in [1.82, 2.24) is 4.98 Å². The number of alkyl halides is 1. The lowest BCUT2D eigenvalue weighted by Crippen LogP contribution is -2.16. The minimum absolute atomic E-state index is 0.0325. The van der Waals surface area contributed by atoms with Crippen LogP contribution < -0.4 is 0 Å². The van der Waals surface area contributed by atoms with Crippen LogP contribution in [0.1, 0.15) is 94.0 Å². The number of hydrogen-bond acceptors (Lipinski definition) is 3. The Kier molecular flexibility index (Phi) is 10.5. The number of benzene rings is 1. The number of aryl methyl sites for hydroxylation is 1. The van der Waals surface area contributed by atoms with Crippen LogP contribution in [-0.4, -0.2) is 22.0 Å². The average Bonchev–Trinajstić information content (AvgIpc) is 2.77. The zero-order valence-corrected chi connectivity index (χ0v) is 18.5. The van der Waals surface area contributed by atoms with Crippen molar-refractivity contribution >= 4 is 5.78 Å². The lowest BCUT2D eigenvalue weighted by atomic mass is 9.98. The van der Waals surface area contributed by atoms with Crippen molar-refractivity contribution in [2.45, 2.75) is 90.6 Å². The number of phenols is 1. The second-order valence-corrected chi connectivity index (χ2v) is 8.13. The first-order chi connectivity index (χ1) is 14.6. The number of carbonyl (C=O) groups excluding carboxylic acids is 1. The molecule has 0 bridgehead atoms. The highest BCUT2D eigenvalue weighted by molar-refractivity contribution is 6.02. The van der Waals surface area contributed by atoms with Crippen LogP contribution in [0.15, 0.2) is 36.5 Å². The smallest absolute Gasteiger partial charge is 0.200 e. The van der Waals surface area contributed by atoms with Gasteiger partial charge in [-0.1, -0.05) is 71.3 Å². The van der Waals surface area contributed by atoms with Gasteiger partial charge in [-0.3, -0.25) is 9.78 Å². The van der Waals surface area contributed by atoms with Gasteiger partial charge < -0.3 is 5.11 Å². The van der Waals surface area contributed by atoms with Crippen molar-refractivity contribution in [2.75, 3.05) is 0 Å². The molecule has 1 atom stereocenters. The number of nitrogens with zero attached hydrogens (tertiary/aromatic N) is 1. The van der Waals surface area contributed by atoms with Crippen molar-refractivity contribution in [3.05, 3.63) is 47.7 Å². The van der Waals surface area contributed by atoms with Gasteiger partial charge in [0.25, 0.3) is 0 Å². The van der Waals surface area contributed by atoms with Gasteiger partial charge in [-0.25, -0.2) is 4.39 Å². The summed E-state index contributed by atoms with van der Waals surface area (Å²) >= 11 is 0. The number of unbranched alkanes of at least 4 members (excludes halogenated alkanes) is 7. The molecule has 4 heteroatoms. The van der Waals surface area contributed by atoms with Gasteiger partial charge >= 0.3 is 0 Å². The number of hydrogen-bond donors (Lipinski definition) is 1. The molecule has 1 aromatic heterocycles. The molecule has 0 radical (unpaired) electrons. The van der Waals surface area contributed by atoms with E-state index >= 15 is 0 Å². The number of Topliss-reactive ketones (excluding diaryl/α,β-unsaturated/α-hetero) is 1. The van der Waals surface area contributed by atoms with Crippen LogP contribution in [0.4, 0.5) is 4.39 Å². The topological polar surface area (TPSA) is 50.2 Å². The van der Waals surface area contributed by atoms with Crippen LogP contribution in [0, 0.1) is 0 Å². The summed E-state index contributed by atoms with van der Waals surface area (Å²) in [5.74, 6) is -0.836. The van der Waals surface area contributed by atoms with Crippen molar-refractivity contribution in [2.24, 2.45) is 0 Å². The van der Waals surface area contributed by atoms with E-state index in [1.165, 1.54) is 56.6 Å². The maximum atomic E-state index is 14.2. The first-order valence-corrected chi connectivity index (χ1v) is 11.5. The molecule has 0 fully saturated rings. The lowest BCUT2D eigenvalue weighted by molar-refractivity contribution is 0.0864. The van der Waals surface area contributed by atoms with E-state index in [9.17, 15) is 14.3 Å². The molecule has 2 aromatic rings. The highest BCUT2D eigenvalue weighted by atomic mass is 19.1. The number of carbonyl (C=O) groups is 1. The van der Waals surface area contributed by atoms with Crippen LogP contribution in [0.5, 0.6) is 5.75 Å². The van der Waals surface area contributed by atoms with Gasteiger partial charge in [0.15, 0.2) is 6.17 Å². The maximum absolute atomic E-state index is 14.2. The predicted octanol–water partition coefficient (Wildman–Crippen LogP) is 7.46. The summed E-state index contributed by atoms with van der Waals surface area (Å²) in [6.07, 6.45) is 12.0. The fraction of sp³-hybridized carbons (Fsp3) is 0.538. The third-order valence-electron chi connectivity index (χ3n) is 5.55. The largest absolute Gasteiger partial charge is 0.507 e. The molecule has 0 saturated heterocycles. The van der Waals surface area contributed by atoms with Gasteiger partial charge in [0, 0.05) is 11.8 Å². The number of ketones is 1. The summed E-state index contributed by atoms with van der Waals surface area (Å²) < 4.78 is 14.2. The van der Waals surface area contributed by atoms with Gasteiger partial charge in [-0.2, -0.15) is 0 Å². The third kappa shape index (κ3) is 7.55. The Morgan fingerprint density at radius 3 is 2.33 bits per heavy atom. The number of aromatic nitrogens is 1. The molecule has 3 nitrogen and oxygen atoms in total. The maximum Gasteiger partial charge on any atom is 0.200 e. The molecule has 1 heterocycles. The standard InChI is InChI=1S/C26H36FNO2/c1-3-5-7-8-9-10-11-12-20-14-16-24(28-19-20)21-15-17-25(29)22(18-21)26(30)23(27)13-6-4-2/h14-19,23,29H,3-13H2,1-2H3/t23-/m0/s1. The minimum atomic E-state index is -1.58. The average molecular weight is 414 g/mol. The first-order valence-electron chi connectivity index (χ1n) is 11.5. The van der Waals surface area contributed by atoms with Crippen LogP contribution in [0.3, 0.4) is 0 Å². The molecule has 0 aliphatic rings. The molecular weight excluding hydrogens is 377 g/mol. The van der Waals surface area contributed by atoms with E-state index in [-0.39, 0.29) is 17.7 Å². The number of rotatable bonds is 14. The van der Waals surface area contributed by atoms with E-state index in [2.05, 4.69) is 18.0 Å². The predicted molar refractivity (Wildman–Crippen MR) is 122 cm³/mol. The van der Waals surface area contributed by atoms with Gasteiger partial charge in [-0.05, 0) is 49.1 Å². The second kappa shape index (κ2) is 13.1. The van der Waals surface area contributed by atoms with E-state index in [1.54, 1.807) is 12.1 Å². The van der Waals surface area contributed by atoms with Crippen molar-refractivity contribution in [1.29, 1.82) is 0 Å². The number of halogens is 1. The summed E-state index contributed by atoms with van der Waals surface area (Å²) in [7, 11) is 0.